The molecule has 0 aliphatic carbocycles. The van der Waals surface area contributed by atoms with Gasteiger partial charge in [-0.25, -0.2) is 4.98 Å². The molecule has 0 atom stereocenters. The molecule has 0 saturated carbocycles. The summed E-state index contributed by atoms with van der Waals surface area (Å²) < 4.78 is 6.45. The second-order valence-corrected chi connectivity index (χ2v) is 8.38. The van der Waals surface area contributed by atoms with Gasteiger partial charge in [0.1, 0.15) is 21.5 Å². The van der Waals surface area contributed by atoms with E-state index in [4.69, 9.17) is 16.0 Å². The van der Waals surface area contributed by atoms with Gasteiger partial charge in [0.05, 0.1) is 15.2 Å². The molecule has 29 heavy (non-hydrogen) atoms. The smallest absolute Gasteiger partial charge is 0.227 e. The number of para-hydroxylation sites is 1. The number of phenols is 2. The van der Waals surface area contributed by atoms with Crippen LogP contribution in [-0.4, -0.2) is 21.4 Å². The third kappa shape index (κ3) is 3.77. The number of hydrogen-bond donors (Lipinski definition) is 2. The van der Waals surface area contributed by atoms with Crippen LogP contribution in [0.3, 0.4) is 0 Å². The van der Waals surface area contributed by atoms with Crippen molar-refractivity contribution in [1.29, 1.82) is 0 Å². The molecule has 0 spiro atoms. The summed E-state index contributed by atoms with van der Waals surface area (Å²) in [5.74, 6) is 0.274. The number of hydrogen-bond acceptors (Lipinski definition) is 5. The Kier molecular flexibility index (Phi) is 5.38. The van der Waals surface area contributed by atoms with E-state index in [0.29, 0.717) is 26.6 Å². The van der Waals surface area contributed by atoms with E-state index in [0.717, 1.165) is 22.2 Å². The summed E-state index contributed by atoms with van der Waals surface area (Å²) >= 11 is 12.8. The molecule has 3 aromatic carbocycles. The van der Waals surface area contributed by atoms with E-state index in [-0.39, 0.29) is 16.0 Å². The molecule has 0 radical (unpaired) electrons. The maximum Gasteiger partial charge on any atom is 0.227 e. The lowest BCUT2D eigenvalue weighted by Crippen LogP contribution is -1.86. The molecule has 146 valence electrons. The molecule has 1 heterocycles. The zero-order valence-electron chi connectivity index (χ0n) is 14.9. The third-order valence-electron chi connectivity index (χ3n) is 4.36. The highest BCUT2D eigenvalue weighted by molar-refractivity contribution is 9.11. The van der Waals surface area contributed by atoms with Crippen LogP contribution in [0.5, 0.6) is 11.5 Å². The van der Waals surface area contributed by atoms with Gasteiger partial charge >= 0.3 is 0 Å². The minimum absolute atomic E-state index is 0.0874. The summed E-state index contributed by atoms with van der Waals surface area (Å²) in [6, 6.07) is 12.6. The Bertz CT molecular complexity index is 1280. The van der Waals surface area contributed by atoms with Gasteiger partial charge in [-0.3, -0.25) is 4.99 Å². The van der Waals surface area contributed by atoms with Gasteiger partial charge < -0.3 is 14.6 Å². The largest absolute Gasteiger partial charge is 0.506 e. The number of fused-ring (bicyclic) bond motifs is 1. The number of aromatic nitrogens is 1. The molecule has 0 aliphatic rings. The molecule has 4 aromatic rings. The quantitative estimate of drug-likeness (QED) is 0.273. The fourth-order valence-corrected chi connectivity index (χ4v) is 4.19. The van der Waals surface area contributed by atoms with Crippen LogP contribution in [0.4, 0.5) is 5.69 Å². The number of rotatable bonds is 3. The normalized spacial score (nSPS) is 11.6. The molecular formula is C21H13Br2ClN2O3. The summed E-state index contributed by atoms with van der Waals surface area (Å²) in [5.41, 5.74) is 4.24. The summed E-state index contributed by atoms with van der Waals surface area (Å²) in [6.45, 7) is 1.98. The highest BCUT2D eigenvalue weighted by Gasteiger charge is 2.14. The predicted molar refractivity (Wildman–Crippen MR) is 122 cm³/mol. The van der Waals surface area contributed by atoms with Crippen molar-refractivity contribution in [3.63, 3.8) is 0 Å². The van der Waals surface area contributed by atoms with Crippen molar-refractivity contribution >= 4 is 66.5 Å². The first-order chi connectivity index (χ1) is 13.8. The van der Waals surface area contributed by atoms with Crippen LogP contribution in [0, 0.1) is 6.92 Å². The lowest BCUT2D eigenvalue weighted by molar-refractivity contribution is 0.442. The lowest BCUT2D eigenvalue weighted by Gasteiger charge is -2.06. The highest BCUT2D eigenvalue weighted by atomic mass is 79.9. The van der Waals surface area contributed by atoms with Crippen LogP contribution in [0.2, 0.25) is 5.02 Å². The van der Waals surface area contributed by atoms with Crippen LogP contribution < -0.4 is 0 Å². The molecule has 2 N–H and O–H groups in total. The number of oxazole rings is 1. The van der Waals surface area contributed by atoms with Crippen molar-refractivity contribution < 1.29 is 14.6 Å². The number of aromatic hydroxyl groups is 2. The summed E-state index contributed by atoms with van der Waals surface area (Å²) in [7, 11) is 0. The highest BCUT2D eigenvalue weighted by Crippen LogP contribution is 2.41. The summed E-state index contributed by atoms with van der Waals surface area (Å²) in [4.78, 5) is 8.90. The number of phenolic OH excluding ortho intramolecular Hbond substituents is 2. The first-order valence-electron chi connectivity index (χ1n) is 8.45. The van der Waals surface area contributed by atoms with Crippen LogP contribution in [0.25, 0.3) is 22.6 Å². The Morgan fingerprint density at radius 1 is 1.10 bits per heavy atom. The van der Waals surface area contributed by atoms with Crippen molar-refractivity contribution in [1.82, 2.24) is 4.98 Å². The van der Waals surface area contributed by atoms with E-state index in [1.807, 2.05) is 31.2 Å². The maximum atomic E-state index is 10.2. The van der Waals surface area contributed by atoms with Gasteiger partial charge in [0.2, 0.25) is 5.89 Å². The monoisotopic (exact) mass is 534 g/mol. The van der Waals surface area contributed by atoms with Gasteiger partial charge in [-0.05, 0) is 74.7 Å². The van der Waals surface area contributed by atoms with E-state index in [2.05, 4.69) is 41.8 Å². The predicted octanol–water partition coefficient (Wildman–Crippen LogP) is 7.14. The SMILES string of the molecule is Cc1cccc2oc(-c3ccc(/N=C/c4cc(Br)c(O)c(Br)c4O)c(Cl)c3)nc12. The Labute approximate surface area is 187 Å². The standard InChI is InChI=1S/C21H13Br2ClN2O3/c1-10-3-2-4-16-18(10)26-21(29-16)11-5-6-15(14(24)8-11)25-9-12-7-13(22)20(28)17(23)19(12)27/h2-9,27-28H,1H3/b25-9+. The number of aliphatic imine (C=N–C) groups is 1. The first kappa shape index (κ1) is 19.9. The Morgan fingerprint density at radius 2 is 1.90 bits per heavy atom. The molecule has 0 fully saturated rings. The Morgan fingerprint density at radius 3 is 2.62 bits per heavy atom. The van der Waals surface area contributed by atoms with Gasteiger partial charge in [-0.2, -0.15) is 0 Å². The van der Waals surface area contributed by atoms with Crippen molar-refractivity contribution in [2.45, 2.75) is 6.92 Å². The van der Waals surface area contributed by atoms with E-state index >= 15 is 0 Å². The molecule has 0 amide bonds. The number of aryl methyl sites for hydroxylation is 1. The second kappa shape index (κ2) is 7.82. The molecule has 1 aromatic heterocycles. The molecule has 5 nitrogen and oxygen atoms in total. The van der Waals surface area contributed by atoms with E-state index in [1.165, 1.54) is 6.21 Å². The van der Waals surface area contributed by atoms with Crippen molar-refractivity contribution in [3.05, 3.63) is 67.6 Å². The molecule has 8 heteroatoms. The van der Waals surface area contributed by atoms with Gasteiger partial charge in [-0.15, -0.1) is 0 Å². The first-order valence-corrected chi connectivity index (χ1v) is 10.4. The van der Waals surface area contributed by atoms with Crippen LogP contribution >= 0.6 is 43.5 Å². The molecule has 4 rings (SSSR count). The van der Waals surface area contributed by atoms with Crippen LogP contribution in [0.15, 0.2) is 60.8 Å². The van der Waals surface area contributed by atoms with Crippen LogP contribution in [0.1, 0.15) is 11.1 Å². The van der Waals surface area contributed by atoms with Gasteiger partial charge in [0.25, 0.3) is 0 Å². The van der Waals surface area contributed by atoms with Gasteiger partial charge in [0.15, 0.2) is 5.58 Å². The zero-order chi connectivity index (χ0) is 20.7. The Balaban J connectivity index is 1.67. The molecular weight excluding hydrogens is 524 g/mol. The average Bonchev–Trinajstić information content (AvgIpc) is 3.14. The van der Waals surface area contributed by atoms with Crippen molar-refractivity contribution in [2.24, 2.45) is 4.99 Å². The lowest BCUT2D eigenvalue weighted by atomic mass is 10.2. The topological polar surface area (TPSA) is 78.9 Å². The van der Waals surface area contributed by atoms with Gasteiger partial charge in [0, 0.05) is 17.3 Å². The van der Waals surface area contributed by atoms with Crippen molar-refractivity contribution in [3.8, 4) is 23.0 Å². The molecule has 0 aliphatic heterocycles. The Hall–Kier alpha value is -2.35. The van der Waals surface area contributed by atoms with Gasteiger partial charge in [-0.1, -0.05) is 23.7 Å². The van der Waals surface area contributed by atoms with E-state index in [1.54, 1.807) is 18.2 Å². The maximum absolute atomic E-state index is 10.2. The molecule has 0 saturated heterocycles. The number of benzene rings is 3. The minimum Gasteiger partial charge on any atom is -0.506 e. The summed E-state index contributed by atoms with van der Waals surface area (Å²) in [5, 5.41) is 20.4. The third-order valence-corrected chi connectivity index (χ3v) is 6.01. The zero-order valence-corrected chi connectivity index (χ0v) is 18.9. The molecule has 0 unspecified atom stereocenters. The fraction of sp³-hybridized carbons (Fsp3) is 0.0476. The molecule has 0 bridgehead atoms. The fourth-order valence-electron chi connectivity index (χ4n) is 2.81. The van der Waals surface area contributed by atoms with Crippen molar-refractivity contribution in [2.75, 3.05) is 0 Å². The minimum atomic E-state index is -0.121. The number of nitrogens with zero attached hydrogens (tertiary/aromatic N) is 2. The number of halogens is 3. The van der Waals surface area contributed by atoms with E-state index in [9.17, 15) is 10.2 Å². The average molecular weight is 537 g/mol. The second-order valence-electron chi connectivity index (χ2n) is 6.32. The van der Waals surface area contributed by atoms with Crippen LogP contribution in [-0.2, 0) is 0 Å². The van der Waals surface area contributed by atoms with E-state index < -0.39 is 0 Å². The summed E-state index contributed by atoms with van der Waals surface area (Å²) in [6.07, 6.45) is 1.47.